The van der Waals surface area contributed by atoms with Gasteiger partial charge in [-0.15, -0.1) is 0 Å². The Morgan fingerprint density at radius 2 is 2.12 bits per heavy atom. The standard InChI is InChI=1S/C14H17F2N/c15-11-5-4-10(13(16)7-11)8-17-14-3-1-2-9-6-12(9)14/h4-5,7,9,12,14,17H,1-3,6,8H2/t9-,12+,14?/m0/s1. The molecule has 2 aliphatic carbocycles. The van der Waals surface area contributed by atoms with Crippen molar-refractivity contribution in [3.63, 3.8) is 0 Å². The molecule has 1 aromatic carbocycles. The molecular formula is C14H17F2N. The van der Waals surface area contributed by atoms with Gasteiger partial charge in [-0.25, -0.2) is 8.78 Å². The summed E-state index contributed by atoms with van der Waals surface area (Å²) in [5, 5.41) is 3.43. The summed E-state index contributed by atoms with van der Waals surface area (Å²) in [4.78, 5) is 0. The van der Waals surface area contributed by atoms with Crippen LogP contribution in [0.3, 0.4) is 0 Å². The largest absolute Gasteiger partial charge is 0.310 e. The van der Waals surface area contributed by atoms with Gasteiger partial charge in [-0.2, -0.15) is 0 Å². The number of hydrogen-bond donors (Lipinski definition) is 1. The van der Waals surface area contributed by atoms with E-state index in [1.807, 2.05) is 0 Å². The highest BCUT2D eigenvalue weighted by atomic mass is 19.1. The topological polar surface area (TPSA) is 12.0 Å². The molecule has 3 rings (SSSR count). The van der Waals surface area contributed by atoms with Crippen molar-refractivity contribution in [2.75, 3.05) is 0 Å². The quantitative estimate of drug-likeness (QED) is 0.851. The number of halogens is 2. The summed E-state index contributed by atoms with van der Waals surface area (Å²) in [7, 11) is 0. The molecule has 3 atom stereocenters. The molecule has 0 aromatic heterocycles. The molecular weight excluding hydrogens is 220 g/mol. The predicted octanol–water partition coefficient (Wildman–Crippen LogP) is 3.24. The Kier molecular flexibility index (Phi) is 2.87. The van der Waals surface area contributed by atoms with Gasteiger partial charge in [0.05, 0.1) is 0 Å². The Balaban J connectivity index is 1.60. The molecule has 0 spiro atoms. The number of hydrogen-bond acceptors (Lipinski definition) is 1. The predicted molar refractivity (Wildman–Crippen MR) is 62.4 cm³/mol. The van der Waals surface area contributed by atoms with Crippen molar-refractivity contribution in [1.82, 2.24) is 5.32 Å². The van der Waals surface area contributed by atoms with E-state index in [0.717, 1.165) is 17.9 Å². The molecule has 1 unspecified atom stereocenters. The number of rotatable bonds is 3. The van der Waals surface area contributed by atoms with Crippen LogP contribution in [0, 0.1) is 23.5 Å². The lowest BCUT2D eigenvalue weighted by molar-refractivity contribution is 0.350. The SMILES string of the molecule is Fc1ccc(CNC2CCC[C@H]3C[C@@H]23)c(F)c1. The maximum absolute atomic E-state index is 13.4. The molecule has 2 fully saturated rings. The molecule has 2 saturated carbocycles. The Labute approximate surface area is 100 Å². The smallest absolute Gasteiger partial charge is 0.130 e. The molecule has 1 aromatic rings. The number of nitrogens with one attached hydrogen (secondary N) is 1. The first-order chi connectivity index (χ1) is 8.24. The van der Waals surface area contributed by atoms with Crippen molar-refractivity contribution in [3.8, 4) is 0 Å². The van der Waals surface area contributed by atoms with Gasteiger partial charge in [-0.3, -0.25) is 0 Å². The van der Waals surface area contributed by atoms with E-state index in [2.05, 4.69) is 5.32 Å². The van der Waals surface area contributed by atoms with Crippen LogP contribution in [0.25, 0.3) is 0 Å². The van der Waals surface area contributed by atoms with E-state index in [0.29, 0.717) is 18.2 Å². The molecule has 0 saturated heterocycles. The lowest BCUT2D eigenvalue weighted by Crippen LogP contribution is -2.33. The molecule has 1 N–H and O–H groups in total. The average molecular weight is 237 g/mol. The fourth-order valence-electron chi connectivity index (χ4n) is 3.07. The Morgan fingerprint density at radius 1 is 1.24 bits per heavy atom. The molecule has 3 heteroatoms. The highest BCUT2D eigenvalue weighted by Gasteiger charge is 2.44. The van der Waals surface area contributed by atoms with Crippen LogP contribution in [0.15, 0.2) is 18.2 Å². The molecule has 0 heterocycles. The van der Waals surface area contributed by atoms with Gasteiger partial charge in [-0.05, 0) is 30.7 Å². The van der Waals surface area contributed by atoms with E-state index in [1.54, 1.807) is 0 Å². The molecule has 17 heavy (non-hydrogen) atoms. The lowest BCUT2D eigenvalue weighted by Gasteiger charge is -2.22. The van der Waals surface area contributed by atoms with Gasteiger partial charge in [-0.1, -0.05) is 18.9 Å². The minimum absolute atomic E-state index is 0.444. The van der Waals surface area contributed by atoms with E-state index >= 15 is 0 Å². The summed E-state index contributed by atoms with van der Waals surface area (Å²) in [6.45, 7) is 0.514. The number of fused-ring (bicyclic) bond motifs is 1. The highest BCUT2D eigenvalue weighted by molar-refractivity contribution is 5.18. The van der Waals surface area contributed by atoms with Crippen LogP contribution in [0.1, 0.15) is 31.2 Å². The summed E-state index contributed by atoms with van der Waals surface area (Å²) >= 11 is 0. The third kappa shape index (κ3) is 2.34. The van der Waals surface area contributed by atoms with Gasteiger partial charge in [0.1, 0.15) is 11.6 Å². The van der Waals surface area contributed by atoms with Gasteiger partial charge < -0.3 is 5.32 Å². The summed E-state index contributed by atoms with van der Waals surface area (Å²) < 4.78 is 26.2. The van der Waals surface area contributed by atoms with Gasteiger partial charge >= 0.3 is 0 Å². The second-order valence-corrected chi connectivity index (χ2v) is 5.31. The van der Waals surface area contributed by atoms with Crippen molar-refractivity contribution in [2.45, 2.75) is 38.3 Å². The summed E-state index contributed by atoms with van der Waals surface area (Å²) in [6.07, 6.45) is 5.19. The summed E-state index contributed by atoms with van der Waals surface area (Å²) in [5.74, 6) is 0.776. The third-order valence-corrected chi connectivity index (χ3v) is 4.15. The first-order valence-corrected chi connectivity index (χ1v) is 6.41. The Morgan fingerprint density at radius 3 is 2.94 bits per heavy atom. The van der Waals surface area contributed by atoms with Crippen molar-refractivity contribution in [2.24, 2.45) is 11.8 Å². The van der Waals surface area contributed by atoms with Crippen molar-refractivity contribution in [3.05, 3.63) is 35.4 Å². The first kappa shape index (κ1) is 11.1. The van der Waals surface area contributed by atoms with Crippen LogP contribution in [0.4, 0.5) is 8.78 Å². The molecule has 0 aliphatic heterocycles. The van der Waals surface area contributed by atoms with Crippen LogP contribution >= 0.6 is 0 Å². The fraction of sp³-hybridized carbons (Fsp3) is 0.571. The molecule has 0 radical (unpaired) electrons. The van der Waals surface area contributed by atoms with Crippen molar-refractivity contribution >= 4 is 0 Å². The van der Waals surface area contributed by atoms with Crippen LogP contribution in [0.5, 0.6) is 0 Å². The minimum Gasteiger partial charge on any atom is -0.310 e. The minimum atomic E-state index is -0.508. The van der Waals surface area contributed by atoms with Crippen LogP contribution in [-0.4, -0.2) is 6.04 Å². The summed E-state index contributed by atoms with van der Waals surface area (Å²) in [5.41, 5.74) is 0.564. The van der Waals surface area contributed by atoms with Crippen molar-refractivity contribution < 1.29 is 8.78 Å². The molecule has 2 aliphatic rings. The third-order valence-electron chi connectivity index (χ3n) is 4.15. The van der Waals surface area contributed by atoms with Crippen LogP contribution in [0.2, 0.25) is 0 Å². The van der Waals surface area contributed by atoms with Gasteiger partial charge in [0, 0.05) is 24.2 Å². The molecule has 0 amide bonds. The Bertz CT molecular complexity index is 419. The number of benzene rings is 1. The van der Waals surface area contributed by atoms with E-state index < -0.39 is 11.6 Å². The molecule has 0 bridgehead atoms. The van der Waals surface area contributed by atoms with Crippen LogP contribution < -0.4 is 5.32 Å². The van der Waals surface area contributed by atoms with E-state index in [-0.39, 0.29) is 0 Å². The fourth-order valence-corrected chi connectivity index (χ4v) is 3.07. The lowest BCUT2D eigenvalue weighted by atomic mass is 9.95. The molecule has 1 nitrogen and oxygen atoms in total. The maximum Gasteiger partial charge on any atom is 0.130 e. The van der Waals surface area contributed by atoms with E-state index in [9.17, 15) is 8.78 Å². The average Bonchev–Trinajstić information content (AvgIpc) is 3.07. The van der Waals surface area contributed by atoms with Gasteiger partial charge in [0.25, 0.3) is 0 Å². The second kappa shape index (κ2) is 4.37. The highest BCUT2D eigenvalue weighted by Crippen LogP contribution is 2.49. The molecule has 92 valence electrons. The van der Waals surface area contributed by atoms with E-state index in [1.165, 1.54) is 37.8 Å². The van der Waals surface area contributed by atoms with Crippen molar-refractivity contribution in [1.29, 1.82) is 0 Å². The normalized spacial score (nSPS) is 31.1. The first-order valence-electron chi connectivity index (χ1n) is 6.41. The summed E-state index contributed by atoms with van der Waals surface area (Å²) in [6, 6.07) is 4.35. The van der Waals surface area contributed by atoms with E-state index in [4.69, 9.17) is 0 Å². The Hall–Kier alpha value is -0.960. The van der Waals surface area contributed by atoms with Gasteiger partial charge in [0.2, 0.25) is 0 Å². The second-order valence-electron chi connectivity index (χ2n) is 5.31. The van der Waals surface area contributed by atoms with Gasteiger partial charge in [0.15, 0.2) is 0 Å². The monoisotopic (exact) mass is 237 g/mol. The van der Waals surface area contributed by atoms with Crippen LogP contribution in [-0.2, 0) is 6.54 Å². The maximum atomic E-state index is 13.4. The zero-order valence-electron chi connectivity index (χ0n) is 9.76. The zero-order chi connectivity index (χ0) is 11.8. The zero-order valence-corrected chi connectivity index (χ0v) is 9.76.